The van der Waals surface area contributed by atoms with Gasteiger partial charge in [0, 0.05) is 47.2 Å². The predicted octanol–water partition coefficient (Wildman–Crippen LogP) is 12.4. The van der Waals surface area contributed by atoms with Crippen LogP contribution in [0.1, 0.15) is 111 Å². The zero-order valence-corrected chi connectivity index (χ0v) is 37.8. The number of benzene rings is 4. The second-order valence-corrected chi connectivity index (χ2v) is 17.6. The summed E-state index contributed by atoms with van der Waals surface area (Å²) in [6, 6.07) is 34.6. The van der Waals surface area contributed by atoms with Gasteiger partial charge in [-0.2, -0.15) is 0 Å². The van der Waals surface area contributed by atoms with Crippen LogP contribution in [-0.2, 0) is 22.4 Å². The van der Waals surface area contributed by atoms with E-state index in [0.717, 1.165) is 145 Å². The Morgan fingerprint density at radius 1 is 0.453 bits per heavy atom. The first-order chi connectivity index (χ1) is 31.0. The highest BCUT2D eigenvalue weighted by Crippen LogP contribution is 2.36. The Kier molecular flexibility index (Phi) is 15.5. The number of rotatable bonds is 16. The molecule has 4 aromatic carbocycles. The summed E-state index contributed by atoms with van der Waals surface area (Å²) in [4.78, 5) is 41.7. The molecule has 0 bridgehead atoms. The normalized spacial score (nSPS) is 15.1. The van der Waals surface area contributed by atoms with E-state index < -0.39 is 11.9 Å². The van der Waals surface area contributed by atoms with Crippen molar-refractivity contribution in [2.45, 2.75) is 130 Å². The van der Waals surface area contributed by atoms with Crippen LogP contribution in [0.2, 0.25) is 0 Å². The summed E-state index contributed by atoms with van der Waals surface area (Å²) in [6.07, 6.45) is 11.9. The fraction of sp³-hybridized carbons (Fsp3) is 0.370. The molecule has 10 heteroatoms. The second-order valence-electron chi connectivity index (χ2n) is 17.6. The fourth-order valence-electron chi connectivity index (χ4n) is 8.44. The Hall–Kier alpha value is -6.42. The van der Waals surface area contributed by atoms with Gasteiger partial charge >= 0.3 is 11.9 Å². The van der Waals surface area contributed by atoms with Crippen LogP contribution >= 0.6 is 0 Å². The molecule has 2 aliphatic rings. The molecular weight excluding hydrogens is 797 g/mol. The molecule has 2 aliphatic heterocycles. The lowest BCUT2D eigenvalue weighted by molar-refractivity contribution is -0.138. The number of aryl methyl sites for hydroxylation is 6. The number of fused-ring (bicyclic) bond motifs is 2. The third kappa shape index (κ3) is 12.4. The molecule has 64 heavy (non-hydrogen) atoms. The number of unbranched alkanes of at least 4 members (excludes halogenated alkanes) is 4. The van der Waals surface area contributed by atoms with E-state index in [1.165, 1.54) is 22.3 Å². The highest BCUT2D eigenvalue weighted by molar-refractivity contribution is 5.81. The minimum Gasteiger partial charge on any atom is -0.481 e. The van der Waals surface area contributed by atoms with Gasteiger partial charge in [0.15, 0.2) is 0 Å². The highest BCUT2D eigenvalue weighted by atomic mass is 16.4. The topological polar surface area (TPSA) is 150 Å². The molecule has 0 amide bonds. The van der Waals surface area contributed by atoms with E-state index in [1.54, 1.807) is 0 Å². The Bertz CT molecular complexity index is 2330. The van der Waals surface area contributed by atoms with Gasteiger partial charge < -0.3 is 20.8 Å². The molecule has 0 fully saturated rings. The predicted molar refractivity (Wildman–Crippen MR) is 258 cm³/mol. The van der Waals surface area contributed by atoms with Crippen LogP contribution in [0.3, 0.4) is 0 Å². The molecule has 0 radical (unpaired) electrons. The van der Waals surface area contributed by atoms with Crippen molar-refractivity contribution in [1.82, 2.24) is 19.9 Å². The lowest BCUT2D eigenvalue weighted by Crippen LogP contribution is -2.27. The van der Waals surface area contributed by atoms with Crippen LogP contribution in [-0.4, -0.2) is 54.2 Å². The Morgan fingerprint density at radius 3 is 1.05 bits per heavy atom. The van der Waals surface area contributed by atoms with Gasteiger partial charge in [0.25, 0.3) is 0 Å². The van der Waals surface area contributed by atoms with Crippen molar-refractivity contribution in [1.29, 1.82) is 0 Å². The summed E-state index contributed by atoms with van der Waals surface area (Å²) >= 11 is 0. The third-order valence-electron chi connectivity index (χ3n) is 12.3. The lowest BCUT2D eigenvalue weighted by atomic mass is 9.97. The molecule has 0 saturated carbocycles. The number of hydrogen-bond acceptors (Lipinski definition) is 8. The largest absolute Gasteiger partial charge is 0.481 e. The number of carbonyl (C=O) groups is 2. The SMILES string of the molecule is Cc1ccc(-c2nc3c(nc2-c2ccc(C)cc2)N[C@@H](CCCCCC(=O)O)CC3)cc1.Cc1ccc(-c2nc3c(nc2-c2ccc(C)cc2)N[C@H](CCCCCC(=O)O)CC3)cc1. The van der Waals surface area contributed by atoms with E-state index in [1.807, 2.05) is 0 Å². The van der Waals surface area contributed by atoms with Crippen LogP contribution in [0.15, 0.2) is 97.1 Å². The molecule has 6 aromatic rings. The summed E-state index contributed by atoms with van der Waals surface area (Å²) in [5.41, 5.74) is 14.9. The van der Waals surface area contributed by atoms with E-state index in [9.17, 15) is 9.59 Å². The number of carboxylic acid groups (broad SMARTS) is 2. The summed E-state index contributed by atoms with van der Waals surface area (Å²) in [7, 11) is 0. The van der Waals surface area contributed by atoms with Gasteiger partial charge in [-0.25, -0.2) is 19.9 Å². The number of aromatic nitrogens is 4. The maximum atomic E-state index is 10.7. The molecule has 4 N–H and O–H groups in total. The monoisotopic (exact) mass is 858 g/mol. The molecule has 8 rings (SSSR count). The standard InChI is InChI=1S/2C27H31N3O2/c2*1-18-8-12-20(13-9-18)25-26(21-14-10-19(2)11-15-21)30-27-23(29-25)17-16-22(28-27)6-4-3-5-7-24(31)32/h2*8-15,22H,3-7,16-17H2,1-2H3,(H,28,30)(H,31,32)/t2*22-/m10/s1. The van der Waals surface area contributed by atoms with E-state index in [2.05, 4.69) is 135 Å². The zero-order valence-electron chi connectivity index (χ0n) is 37.8. The number of nitrogens with zero attached hydrogens (tertiary/aromatic N) is 4. The van der Waals surface area contributed by atoms with E-state index in [0.29, 0.717) is 12.1 Å². The average molecular weight is 859 g/mol. The maximum absolute atomic E-state index is 10.7. The molecule has 0 saturated heterocycles. The second kappa shape index (κ2) is 21.8. The van der Waals surface area contributed by atoms with Gasteiger partial charge in [0.2, 0.25) is 0 Å². The molecule has 2 atom stereocenters. The van der Waals surface area contributed by atoms with Crippen LogP contribution in [0.25, 0.3) is 45.0 Å². The smallest absolute Gasteiger partial charge is 0.303 e. The molecule has 4 heterocycles. The van der Waals surface area contributed by atoms with Crippen molar-refractivity contribution in [3.63, 3.8) is 0 Å². The summed E-state index contributed by atoms with van der Waals surface area (Å²) in [5, 5.41) is 24.8. The summed E-state index contributed by atoms with van der Waals surface area (Å²) in [5.74, 6) is 0.354. The van der Waals surface area contributed by atoms with Crippen molar-refractivity contribution in [3.05, 3.63) is 131 Å². The molecule has 332 valence electrons. The van der Waals surface area contributed by atoms with Gasteiger partial charge in [-0.1, -0.05) is 145 Å². The molecule has 0 unspecified atom stereocenters. The zero-order chi connectivity index (χ0) is 45.0. The maximum Gasteiger partial charge on any atom is 0.303 e. The van der Waals surface area contributed by atoms with E-state index >= 15 is 0 Å². The lowest BCUT2D eigenvalue weighted by Gasteiger charge is -2.27. The van der Waals surface area contributed by atoms with Crippen LogP contribution in [0, 0.1) is 27.7 Å². The Labute approximate surface area is 378 Å². The molecule has 0 aliphatic carbocycles. The van der Waals surface area contributed by atoms with Gasteiger partial charge in [-0.05, 0) is 79.1 Å². The quantitative estimate of drug-likeness (QED) is 0.0693. The third-order valence-corrected chi connectivity index (χ3v) is 12.3. The van der Waals surface area contributed by atoms with Crippen molar-refractivity contribution in [2.75, 3.05) is 10.6 Å². The Morgan fingerprint density at radius 2 is 0.750 bits per heavy atom. The van der Waals surface area contributed by atoms with Crippen molar-refractivity contribution >= 4 is 23.6 Å². The van der Waals surface area contributed by atoms with Gasteiger partial charge in [0.1, 0.15) is 11.6 Å². The molecule has 2 aromatic heterocycles. The molecule has 10 nitrogen and oxygen atoms in total. The van der Waals surface area contributed by atoms with Crippen LogP contribution < -0.4 is 10.6 Å². The number of carboxylic acids is 2. The first-order valence-corrected chi connectivity index (χ1v) is 23.1. The van der Waals surface area contributed by atoms with Crippen LogP contribution in [0.5, 0.6) is 0 Å². The Balaban J connectivity index is 0.000000191. The first kappa shape index (κ1) is 45.6. The summed E-state index contributed by atoms with van der Waals surface area (Å²) < 4.78 is 0. The van der Waals surface area contributed by atoms with Gasteiger partial charge in [0.05, 0.1) is 34.2 Å². The molecule has 0 spiro atoms. The average Bonchev–Trinajstić information content (AvgIpc) is 3.29. The minimum absolute atomic E-state index is 0.258. The van der Waals surface area contributed by atoms with E-state index in [-0.39, 0.29) is 12.8 Å². The first-order valence-electron chi connectivity index (χ1n) is 23.1. The minimum atomic E-state index is -0.710. The number of aliphatic carboxylic acids is 2. The number of anilines is 2. The van der Waals surface area contributed by atoms with Gasteiger partial charge in [-0.3, -0.25) is 9.59 Å². The molecular formula is C54H62N6O4. The van der Waals surface area contributed by atoms with Gasteiger partial charge in [-0.15, -0.1) is 0 Å². The van der Waals surface area contributed by atoms with Crippen molar-refractivity contribution in [2.24, 2.45) is 0 Å². The number of hydrogen-bond donors (Lipinski definition) is 4. The highest BCUT2D eigenvalue weighted by Gasteiger charge is 2.25. The van der Waals surface area contributed by atoms with Crippen molar-refractivity contribution in [3.8, 4) is 45.0 Å². The van der Waals surface area contributed by atoms with Crippen LogP contribution in [0.4, 0.5) is 11.6 Å². The summed E-state index contributed by atoms with van der Waals surface area (Å²) in [6.45, 7) is 8.36. The van der Waals surface area contributed by atoms with Crippen molar-refractivity contribution < 1.29 is 19.8 Å². The fourth-order valence-corrected chi connectivity index (χ4v) is 8.44. The number of nitrogens with one attached hydrogen (secondary N) is 2. The van der Waals surface area contributed by atoms with E-state index in [4.69, 9.17) is 30.1 Å².